The van der Waals surface area contributed by atoms with Crippen LogP contribution < -0.4 is 5.73 Å². The largest absolute Gasteiger partial charge is 0.480 e. The Labute approximate surface area is 110 Å². The molecule has 96 valence electrons. The molecule has 18 heavy (non-hydrogen) atoms. The van der Waals surface area contributed by atoms with E-state index in [0.29, 0.717) is 10.6 Å². The first-order chi connectivity index (χ1) is 8.47. The van der Waals surface area contributed by atoms with Gasteiger partial charge in [-0.25, -0.2) is 0 Å². The fourth-order valence-corrected chi connectivity index (χ4v) is 2.57. The van der Waals surface area contributed by atoms with Crippen molar-refractivity contribution in [1.29, 1.82) is 0 Å². The lowest BCUT2D eigenvalue weighted by atomic mass is 10.0. The summed E-state index contributed by atoms with van der Waals surface area (Å²) < 4.78 is 2.03. The molecule has 0 saturated carbocycles. The van der Waals surface area contributed by atoms with E-state index in [2.05, 4.69) is 0 Å². The minimum Gasteiger partial charge on any atom is -0.480 e. The Kier molecular flexibility index (Phi) is 3.32. The molecular weight excluding hydrogens is 252 g/mol. The summed E-state index contributed by atoms with van der Waals surface area (Å²) in [6, 6.07) is 4.41. The predicted octanol–water partition coefficient (Wildman–Crippen LogP) is 2.71. The van der Waals surface area contributed by atoms with Crippen molar-refractivity contribution >= 4 is 28.5 Å². The van der Waals surface area contributed by atoms with Crippen LogP contribution in [0.4, 0.5) is 0 Å². The van der Waals surface area contributed by atoms with Crippen LogP contribution >= 0.6 is 11.6 Å². The highest BCUT2D eigenvalue weighted by molar-refractivity contribution is 6.31. The molecule has 1 heterocycles. The standard InChI is InChI=1S/C13H15ClN2O2/c1-3-16-7(2)11(12(15)13(17)18)9-5-4-8(14)6-10(9)16/h4-6,12H,3,15H2,1-2H3,(H,17,18). The minimum absolute atomic E-state index is 0.630. The summed E-state index contributed by atoms with van der Waals surface area (Å²) in [5.74, 6) is -1.02. The van der Waals surface area contributed by atoms with Crippen LogP contribution in [0.5, 0.6) is 0 Å². The van der Waals surface area contributed by atoms with Crippen LogP contribution in [0, 0.1) is 6.92 Å². The summed E-state index contributed by atoms with van der Waals surface area (Å²) in [5.41, 5.74) is 8.23. The van der Waals surface area contributed by atoms with Gasteiger partial charge in [-0.3, -0.25) is 4.79 Å². The second-order valence-corrected chi connectivity index (χ2v) is 4.66. The Balaban J connectivity index is 2.81. The van der Waals surface area contributed by atoms with E-state index < -0.39 is 12.0 Å². The van der Waals surface area contributed by atoms with Crippen LogP contribution in [0.15, 0.2) is 18.2 Å². The second kappa shape index (κ2) is 4.63. The van der Waals surface area contributed by atoms with Crippen molar-refractivity contribution in [3.05, 3.63) is 34.5 Å². The van der Waals surface area contributed by atoms with E-state index in [1.165, 1.54) is 0 Å². The summed E-state index contributed by atoms with van der Waals surface area (Å²) in [6.45, 7) is 4.63. The van der Waals surface area contributed by atoms with Crippen molar-refractivity contribution in [3.63, 3.8) is 0 Å². The lowest BCUT2D eigenvalue weighted by molar-refractivity contribution is -0.138. The van der Waals surface area contributed by atoms with Crippen molar-refractivity contribution in [2.75, 3.05) is 0 Å². The zero-order chi connectivity index (χ0) is 13.4. The molecule has 0 aliphatic rings. The van der Waals surface area contributed by atoms with E-state index in [1.54, 1.807) is 6.07 Å². The Morgan fingerprint density at radius 1 is 1.56 bits per heavy atom. The number of nitrogens with zero attached hydrogens (tertiary/aromatic N) is 1. The molecule has 0 aliphatic heterocycles. The predicted molar refractivity (Wildman–Crippen MR) is 71.9 cm³/mol. The summed E-state index contributed by atoms with van der Waals surface area (Å²) in [5, 5.41) is 10.6. The molecule has 0 fully saturated rings. The van der Waals surface area contributed by atoms with Crippen molar-refractivity contribution in [1.82, 2.24) is 4.57 Å². The van der Waals surface area contributed by atoms with Gasteiger partial charge in [0.1, 0.15) is 6.04 Å². The van der Waals surface area contributed by atoms with Gasteiger partial charge < -0.3 is 15.4 Å². The van der Waals surface area contributed by atoms with E-state index >= 15 is 0 Å². The molecule has 0 amide bonds. The van der Waals surface area contributed by atoms with Gasteiger partial charge in [0, 0.05) is 28.2 Å². The SMILES string of the molecule is CCn1c(C)c(C(N)C(=O)O)c2ccc(Cl)cc21. The number of hydrogen-bond donors (Lipinski definition) is 2. The maximum Gasteiger partial charge on any atom is 0.325 e. The van der Waals surface area contributed by atoms with Gasteiger partial charge >= 0.3 is 5.97 Å². The van der Waals surface area contributed by atoms with Gasteiger partial charge in [0.2, 0.25) is 0 Å². The van der Waals surface area contributed by atoms with Crippen LogP contribution in [0.1, 0.15) is 24.2 Å². The van der Waals surface area contributed by atoms with Gasteiger partial charge in [0.15, 0.2) is 0 Å². The molecule has 1 aromatic carbocycles. The van der Waals surface area contributed by atoms with E-state index in [9.17, 15) is 4.79 Å². The number of carboxylic acid groups (broad SMARTS) is 1. The molecule has 4 nitrogen and oxygen atoms in total. The van der Waals surface area contributed by atoms with Gasteiger partial charge in [-0.2, -0.15) is 0 Å². The highest BCUT2D eigenvalue weighted by Crippen LogP contribution is 2.31. The maximum absolute atomic E-state index is 11.1. The lowest BCUT2D eigenvalue weighted by Gasteiger charge is -2.08. The average Bonchev–Trinajstić information content (AvgIpc) is 2.59. The zero-order valence-electron chi connectivity index (χ0n) is 10.3. The molecule has 0 spiro atoms. The number of nitrogens with two attached hydrogens (primary N) is 1. The third-order valence-electron chi connectivity index (χ3n) is 3.23. The topological polar surface area (TPSA) is 68.2 Å². The van der Waals surface area contributed by atoms with Crippen molar-refractivity contribution in [2.45, 2.75) is 26.4 Å². The number of carbonyl (C=O) groups is 1. The fourth-order valence-electron chi connectivity index (χ4n) is 2.40. The summed E-state index contributed by atoms with van der Waals surface area (Å²) >= 11 is 5.99. The number of rotatable bonds is 3. The van der Waals surface area contributed by atoms with Crippen LogP contribution in [0.2, 0.25) is 5.02 Å². The van der Waals surface area contributed by atoms with E-state index in [1.807, 2.05) is 30.5 Å². The van der Waals surface area contributed by atoms with E-state index in [0.717, 1.165) is 23.1 Å². The van der Waals surface area contributed by atoms with Gasteiger partial charge in [-0.1, -0.05) is 17.7 Å². The number of aliphatic carboxylic acids is 1. The molecule has 1 atom stereocenters. The second-order valence-electron chi connectivity index (χ2n) is 4.22. The Hall–Kier alpha value is -1.52. The minimum atomic E-state index is -1.02. The first kappa shape index (κ1) is 12.9. The van der Waals surface area contributed by atoms with Gasteiger partial charge in [0.25, 0.3) is 0 Å². The molecule has 0 aliphatic carbocycles. The highest BCUT2D eigenvalue weighted by atomic mass is 35.5. The van der Waals surface area contributed by atoms with Crippen molar-refractivity contribution in [2.24, 2.45) is 5.73 Å². The number of hydrogen-bond acceptors (Lipinski definition) is 2. The quantitative estimate of drug-likeness (QED) is 0.897. The van der Waals surface area contributed by atoms with Crippen LogP contribution in [0.25, 0.3) is 10.9 Å². The molecule has 1 unspecified atom stereocenters. The molecule has 0 bridgehead atoms. The Morgan fingerprint density at radius 2 is 2.22 bits per heavy atom. The number of fused-ring (bicyclic) bond motifs is 1. The molecule has 0 radical (unpaired) electrons. The molecule has 5 heteroatoms. The van der Waals surface area contributed by atoms with E-state index in [-0.39, 0.29) is 0 Å². The molecular formula is C13H15ClN2O2. The van der Waals surface area contributed by atoms with Gasteiger partial charge in [0.05, 0.1) is 5.52 Å². The fraction of sp³-hybridized carbons (Fsp3) is 0.308. The summed E-state index contributed by atoms with van der Waals surface area (Å²) in [6.07, 6.45) is 0. The number of halogens is 1. The maximum atomic E-state index is 11.1. The highest BCUT2D eigenvalue weighted by Gasteiger charge is 2.23. The zero-order valence-corrected chi connectivity index (χ0v) is 11.0. The third-order valence-corrected chi connectivity index (χ3v) is 3.46. The first-order valence-corrected chi connectivity index (χ1v) is 6.11. The molecule has 2 rings (SSSR count). The molecule has 3 N–H and O–H groups in total. The third kappa shape index (κ3) is 1.87. The van der Waals surface area contributed by atoms with Crippen LogP contribution in [0.3, 0.4) is 0 Å². The van der Waals surface area contributed by atoms with Crippen molar-refractivity contribution < 1.29 is 9.90 Å². The molecule has 0 saturated heterocycles. The average molecular weight is 267 g/mol. The number of aromatic nitrogens is 1. The van der Waals surface area contributed by atoms with E-state index in [4.69, 9.17) is 22.4 Å². The van der Waals surface area contributed by atoms with Crippen molar-refractivity contribution in [3.8, 4) is 0 Å². The summed E-state index contributed by atoms with van der Waals surface area (Å²) in [4.78, 5) is 11.1. The number of aryl methyl sites for hydroxylation is 1. The Bertz CT molecular complexity index is 619. The molecule has 1 aromatic heterocycles. The van der Waals surface area contributed by atoms with Crippen LogP contribution in [-0.4, -0.2) is 15.6 Å². The Morgan fingerprint density at radius 3 is 2.78 bits per heavy atom. The lowest BCUT2D eigenvalue weighted by Crippen LogP contribution is -2.21. The monoisotopic (exact) mass is 266 g/mol. The number of carboxylic acids is 1. The van der Waals surface area contributed by atoms with Gasteiger partial charge in [-0.05, 0) is 26.0 Å². The normalized spacial score (nSPS) is 12.9. The van der Waals surface area contributed by atoms with Crippen LogP contribution in [-0.2, 0) is 11.3 Å². The molecule has 2 aromatic rings. The summed E-state index contributed by atoms with van der Waals surface area (Å²) in [7, 11) is 0. The van der Waals surface area contributed by atoms with Gasteiger partial charge in [-0.15, -0.1) is 0 Å². The number of benzene rings is 1. The first-order valence-electron chi connectivity index (χ1n) is 5.74. The smallest absolute Gasteiger partial charge is 0.325 e.